The predicted octanol–water partition coefficient (Wildman–Crippen LogP) is 4.74. The summed E-state index contributed by atoms with van der Waals surface area (Å²) in [4.78, 5) is 4.99. The maximum atomic E-state index is 6.12. The van der Waals surface area contributed by atoms with E-state index in [1.807, 2.05) is 0 Å². The van der Waals surface area contributed by atoms with Gasteiger partial charge < -0.3 is 4.74 Å². The Morgan fingerprint density at radius 1 is 0.923 bits per heavy atom. The second-order valence-corrected chi connectivity index (χ2v) is 10.2. The van der Waals surface area contributed by atoms with Crippen molar-refractivity contribution in [3.8, 4) is 0 Å². The Hall–Kier alpha value is -1.66. The first-order chi connectivity index (χ1) is 12.7. The van der Waals surface area contributed by atoms with E-state index >= 15 is 0 Å². The molecule has 0 saturated heterocycles. The number of aliphatic imine (C=N–C) groups is 1. The van der Waals surface area contributed by atoms with Gasteiger partial charge in [0, 0.05) is 5.92 Å². The summed E-state index contributed by atoms with van der Waals surface area (Å²) in [5.74, 6) is 2.08. The number of rotatable bonds is 5. The molecule has 2 aromatic carbocycles. The molecule has 0 bridgehead atoms. The maximum Gasteiger partial charge on any atom is 0.187 e. The monoisotopic (exact) mass is 365 g/mol. The van der Waals surface area contributed by atoms with Crippen LogP contribution in [0, 0.1) is 11.8 Å². The highest BCUT2D eigenvalue weighted by Gasteiger charge is 2.40. The number of nitrogens with zero attached hydrogens (tertiary/aromatic N) is 1. The van der Waals surface area contributed by atoms with Crippen LogP contribution in [0.25, 0.3) is 0 Å². The Morgan fingerprint density at radius 3 is 2.08 bits per heavy atom. The fourth-order valence-corrected chi connectivity index (χ4v) is 7.33. The molecule has 1 unspecified atom stereocenters. The van der Waals surface area contributed by atoms with Gasteiger partial charge in [0.15, 0.2) is 5.90 Å². The van der Waals surface area contributed by atoms with Gasteiger partial charge in [-0.1, -0.05) is 80.9 Å². The third kappa shape index (κ3) is 3.58. The van der Waals surface area contributed by atoms with Gasteiger partial charge in [0.25, 0.3) is 0 Å². The highest BCUT2D eigenvalue weighted by molar-refractivity contribution is 7.73. The van der Waals surface area contributed by atoms with Crippen molar-refractivity contribution in [3.05, 3.63) is 60.7 Å². The third-order valence-electron chi connectivity index (χ3n) is 5.66. The van der Waals surface area contributed by atoms with E-state index in [0.717, 1.165) is 12.5 Å². The van der Waals surface area contributed by atoms with Crippen LogP contribution in [0.15, 0.2) is 65.7 Å². The van der Waals surface area contributed by atoms with Crippen LogP contribution in [-0.2, 0) is 4.74 Å². The predicted molar refractivity (Wildman–Crippen MR) is 112 cm³/mol. The molecule has 0 spiro atoms. The number of benzene rings is 2. The quantitative estimate of drug-likeness (QED) is 0.701. The molecule has 0 N–H and O–H groups in total. The minimum Gasteiger partial charge on any atom is -0.478 e. The van der Waals surface area contributed by atoms with Gasteiger partial charge in [-0.05, 0) is 42.9 Å². The van der Waals surface area contributed by atoms with Crippen molar-refractivity contribution in [2.24, 2.45) is 16.8 Å². The molecule has 2 aromatic rings. The molecule has 4 rings (SSSR count). The molecule has 3 heteroatoms. The molecular formula is C23H28NOP. The molecule has 0 radical (unpaired) electrons. The SMILES string of the molecule is CC(C)[C@@H]1COC(C2CCC[C@H]2P(c2ccccc2)c2ccccc2)=N1. The fourth-order valence-electron chi connectivity index (χ4n) is 4.20. The van der Waals surface area contributed by atoms with Crippen LogP contribution in [0.4, 0.5) is 0 Å². The average Bonchev–Trinajstić information content (AvgIpc) is 3.33. The summed E-state index contributed by atoms with van der Waals surface area (Å²) in [6.07, 6.45) is 3.77. The molecule has 2 aliphatic rings. The van der Waals surface area contributed by atoms with Gasteiger partial charge in [0.2, 0.25) is 0 Å². The van der Waals surface area contributed by atoms with Gasteiger partial charge in [-0.2, -0.15) is 0 Å². The van der Waals surface area contributed by atoms with Crippen LogP contribution in [0.3, 0.4) is 0 Å². The standard InChI is InChI=1S/C23H28NOP/c1-17(2)21-16-25-23(24-21)20-14-9-15-22(20)26(18-10-5-3-6-11-18)19-12-7-4-8-13-19/h3-8,10-13,17,20-22H,9,14-16H2,1-2H3/t20?,21-,22+/m0/s1. The normalized spacial score (nSPS) is 25.5. The van der Waals surface area contributed by atoms with Crippen LogP contribution >= 0.6 is 7.92 Å². The second kappa shape index (κ2) is 7.92. The molecule has 2 nitrogen and oxygen atoms in total. The van der Waals surface area contributed by atoms with E-state index in [-0.39, 0.29) is 0 Å². The van der Waals surface area contributed by atoms with E-state index in [1.165, 1.54) is 29.9 Å². The van der Waals surface area contributed by atoms with Gasteiger partial charge >= 0.3 is 0 Å². The summed E-state index contributed by atoms with van der Waals surface area (Å²) in [6.45, 7) is 5.26. The zero-order valence-electron chi connectivity index (χ0n) is 15.7. The number of ether oxygens (including phenoxy) is 1. The zero-order valence-corrected chi connectivity index (χ0v) is 16.6. The Bertz CT molecular complexity index is 704. The molecule has 0 amide bonds. The van der Waals surface area contributed by atoms with Gasteiger partial charge in [0.05, 0.1) is 6.04 Å². The van der Waals surface area contributed by atoms with Crippen molar-refractivity contribution < 1.29 is 4.74 Å². The van der Waals surface area contributed by atoms with Crippen molar-refractivity contribution in [3.63, 3.8) is 0 Å². The largest absolute Gasteiger partial charge is 0.478 e. The summed E-state index contributed by atoms with van der Waals surface area (Å²) in [5, 5.41) is 2.95. The molecule has 1 aliphatic carbocycles. The Balaban J connectivity index is 1.68. The van der Waals surface area contributed by atoms with Gasteiger partial charge in [-0.15, -0.1) is 0 Å². The highest BCUT2D eigenvalue weighted by Crippen LogP contribution is 2.51. The first-order valence-electron chi connectivity index (χ1n) is 9.84. The molecule has 1 heterocycles. The highest BCUT2D eigenvalue weighted by atomic mass is 31.1. The first kappa shape index (κ1) is 17.7. The van der Waals surface area contributed by atoms with Crippen LogP contribution in [0.1, 0.15) is 33.1 Å². The average molecular weight is 365 g/mol. The number of hydrogen-bond donors (Lipinski definition) is 0. The number of hydrogen-bond acceptors (Lipinski definition) is 2. The van der Waals surface area contributed by atoms with Crippen molar-refractivity contribution in [1.29, 1.82) is 0 Å². The second-order valence-electron chi connectivity index (χ2n) is 7.74. The van der Waals surface area contributed by atoms with E-state index in [0.29, 0.717) is 23.5 Å². The summed E-state index contributed by atoms with van der Waals surface area (Å²) >= 11 is 0. The minimum atomic E-state index is -0.398. The van der Waals surface area contributed by atoms with E-state index in [9.17, 15) is 0 Å². The minimum absolute atomic E-state index is 0.339. The molecule has 1 fully saturated rings. The lowest BCUT2D eigenvalue weighted by molar-refractivity contribution is 0.277. The lowest BCUT2D eigenvalue weighted by Crippen LogP contribution is -2.29. The van der Waals surface area contributed by atoms with E-state index in [2.05, 4.69) is 74.5 Å². The lowest BCUT2D eigenvalue weighted by atomic mass is 10.1. The Labute approximate surface area is 158 Å². The smallest absolute Gasteiger partial charge is 0.187 e. The molecule has 1 aliphatic heterocycles. The molecular weight excluding hydrogens is 337 g/mol. The maximum absolute atomic E-state index is 6.12. The molecule has 0 aromatic heterocycles. The van der Waals surface area contributed by atoms with Crippen LogP contribution in [-0.4, -0.2) is 24.2 Å². The van der Waals surface area contributed by atoms with Crippen molar-refractivity contribution in [1.82, 2.24) is 0 Å². The molecule has 26 heavy (non-hydrogen) atoms. The van der Waals surface area contributed by atoms with Crippen LogP contribution in [0.2, 0.25) is 0 Å². The van der Waals surface area contributed by atoms with Crippen molar-refractivity contribution in [2.75, 3.05) is 6.61 Å². The summed E-state index contributed by atoms with van der Waals surface area (Å²) < 4.78 is 6.12. The third-order valence-corrected chi connectivity index (χ3v) is 8.65. The summed E-state index contributed by atoms with van der Waals surface area (Å²) in [5.41, 5.74) is 0.625. The fraction of sp³-hybridized carbons (Fsp3) is 0.435. The van der Waals surface area contributed by atoms with Gasteiger partial charge in [-0.25, -0.2) is 4.99 Å². The first-order valence-corrected chi connectivity index (χ1v) is 11.2. The summed E-state index contributed by atoms with van der Waals surface area (Å²) in [7, 11) is -0.398. The molecule has 136 valence electrons. The molecule has 3 atom stereocenters. The topological polar surface area (TPSA) is 21.6 Å². The van der Waals surface area contributed by atoms with Gasteiger partial charge in [0.1, 0.15) is 6.61 Å². The van der Waals surface area contributed by atoms with Crippen molar-refractivity contribution in [2.45, 2.75) is 44.8 Å². The van der Waals surface area contributed by atoms with Crippen molar-refractivity contribution >= 4 is 24.4 Å². The van der Waals surface area contributed by atoms with Crippen LogP contribution < -0.4 is 10.6 Å². The summed E-state index contributed by atoms with van der Waals surface area (Å²) in [6, 6.07) is 22.5. The van der Waals surface area contributed by atoms with E-state index < -0.39 is 7.92 Å². The zero-order chi connectivity index (χ0) is 17.9. The Kier molecular flexibility index (Phi) is 5.41. The van der Waals surface area contributed by atoms with Crippen LogP contribution in [0.5, 0.6) is 0 Å². The Morgan fingerprint density at radius 2 is 1.54 bits per heavy atom. The van der Waals surface area contributed by atoms with Gasteiger partial charge in [-0.3, -0.25) is 0 Å². The van der Waals surface area contributed by atoms with E-state index in [1.54, 1.807) is 0 Å². The van der Waals surface area contributed by atoms with E-state index in [4.69, 9.17) is 9.73 Å². The molecule has 1 saturated carbocycles. The lowest BCUT2D eigenvalue weighted by Gasteiger charge is -2.29.